The molecule has 2 heterocycles. The van der Waals surface area contributed by atoms with Gasteiger partial charge in [0.15, 0.2) is 0 Å². The van der Waals surface area contributed by atoms with Gasteiger partial charge in [0.1, 0.15) is 33.8 Å². The molecule has 2 N–H and O–H groups in total. The van der Waals surface area contributed by atoms with E-state index in [1.54, 1.807) is 30.3 Å². The molecule has 0 amide bonds. The highest BCUT2D eigenvalue weighted by atomic mass is 16.3. The van der Waals surface area contributed by atoms with Crippen LogP contribution in [0, 0.1) is 0 Å². The Kier molecular flexibility index (Phi) is 2.35. The fraction of sp³-hybridized carbons (Fsp3) is 0. The summed E-state index contributed by atoms with van der Waals surface area (Å²) >= 11 is 0. The van der Waals surface area contributed by atoms with Gasteiger partial charge in [0, 0.05) is 21.5 Å². The number of fused-ring (bicyclic) bond motifs is 7. The largest absolute Gasteiger partial charge is 0.508 e. The van der Waals surface area contributed by atoms with Gasteiger partial charge in [-0.3, -0.25) is 0 Å². The number of rotatable bonds is 0. The highest BCUT2D eigenvalue weighted by Gasteiger charge is 2.14. The van der Waals surface area contributed by atoms with Crippen LogP contribution in [0.15, 0.2) is 69.5 Å². The van der Waals surface area contributed by atoms with E-state index in [-0.39, 0.29) is 11.5 Å². The molecule has 0 aliphatic rings. The molecule has 0 radical (unpaired) electrons. The van der Waals surface area contributed by atoms with Crippen LogP contribution in [-0.2, 0) is 0 Å². The predicted octanol–water partition coefficient (Wildman–Crippen LogP) is 6.05. The minimum atomic E-state index is 0.205. The first-order valence-electron chi connectivity index (χ1n) is 8.30. The van der Waals surface area contributed by atoms with Gasteiger partial charge >= 0.3 is 0 Å². The first-order valence-corrected chi connectivity index (χ1v) is 8.30. The summed E-state index contributed by atoms with van der Waals surface area (Å²) in [5.74, 6) is 0.445. The van der Waals surface area contributed by atoms with Crippen LogP contribution in [0.1, 0.15) is 0 Å². The van der Waals surface area contributed by atoms with Crippen molar-refractivity contribution in [1.29, 1.82) is 0 Å². The first kappa shape index (κ1) is 13.6. The highest BCUT2D eigenvalue weighted by molar-refractivity contribution is 6.16. The van der Waals surface area contributed by atoms with Crippen molar-refractivity contribution >= 4 is 54.6 Å². The molecule has 6 rings (SSSR count). The molecule has 0 saturated heterocycles. The van der Waals surface area contributed by atoms with E-state index in [4.69, 9.17) is 8.83 Å². The fourth-order valence-electron chi connectivity index (χ4n) is 3.76. The minimum absolute atomic E-state index is 0.205. The lowest BCUT2D eigenvalue weighted by molar-refractivity contribution is 0.475. The zero-order chi connectivity index (χ0) is 17.4. The van der Waals surface area contributed by atoms with E-state index in [1.165, 1.54) is 0 Å². The Bertz CT molecular complexity index is 1500. The smallest absolute Gasteiger partial charge is 0.136 e. The zero-order valence-electron chi connectivity index (χ0n) is 13.5. The van der Waals surface area contributed by atoms with Gasteiger partial charge in [-0.1, -0.05) is 6.07 Å². The minimum Gasteiger partial charge on any atom is -0.508 e. The van der Waals surface area contributed by atoms with Crippen molar-refractivity contribution in [3.8, 4) is 11.5 Å². The van der Waals surface area contributed by atoms with Crippen molar-refractivity contribution in [3.05, 3.63) is 60.7 Å². The normalized spacial score (nSPS) is 12.2. The molecule has 26 heavy (non-hydrogen) atoms. The lowest BCUT2D eigenvalue weighted by atomic mass is 10.0. The summed E-state index contributed by atoms with van der Waals surface area (Å²) in [5, 5.41) is 25.2. The molecule has 0 aliphatic heterocycles. The number of hydrogen-bond acceptors (Lipinski definition) is 4. The van der Waals surface area contributed by atoms with Crippen molar-refractivity contribution in [2.75, 3.05) is 0 Å². The second-order valence-electron chi connectivity index (χ2n) is 6.61. The molecule has 0 saturated carbocycles. The molecule has 0 fully saturated rings. The molecular weight excluding hydrogens is 328 g/mol. The highest BCUT2D eigenvalue weighted by Crippen LogP contribution is 2.38. The fourth-order valence-corrected chi connectivity index (χ4v) is 3.76. The Labute approximate surface area is 146 Å². The summed E-state index contributed by atoms with van der Waals surface area (Å²) in [4.78, 5) is 0. The number of furan rings is 2. The summed E-state index contributed by atoms with van der Waals surface area (Å²) in [6.45, 7) is 0. The molecule has 124 valence electrons. The predicted molar refractivity (Wildman–Crippen MR) is 102 cm³/mol. The van der Waals surface area contributed by atoms with Crippen LogP contribution in [-0.4, -0.2) is 10.2 Å². The Hall–Kier alpha value is -3.66. The van der Waals surface area contributed by atoms with Crippen LogP contribution in [0.3, 0.4) is 0 Å². The number of phenolic OH excluding ortho intramolecular Hbond substituents is 2. The van der Waals surface area contributed by atoms with E-state index in [2.05, 4.69) is 0 Å². The summed E-state index contributed by atoms with van der Waals surface area (Å²) in [5.41, 5.74) is 3.03. The monoisotopic (exact) mass is 340 g/mol. The van der Waals surface area contributed by atoms with Gasteiger partial charge in [0.05, 0.1) is 0 Å². The maximum absolute atomic E-state index is 9.78. The van der Waals surface area contributed by atoms with Crippen molar-refractivity contribution in [2.24, 2.45) is 0 Å². The number of phenols is 2. The lowest BCUT2D eigenvalue weighted by Crippen LogP contribution is -1.73. The van der Waals surface area contributed by atoms with Gasteiger partial charge in [-0.25, -0.2) is 0 Å². The van der Waals surface area contributed by atoms with Gasteiger partial charge in [-0.2, -0.15) is 0 Å². The van der Waals surface area contributed by atoms with E-state index < -0.39 is 0 Å². The second-order valence-corrected chi connectivity index (χ2v) is 6.61. The van der Waals surface area contributed by atoms with Crippen molar-refractivity contribution < 1.29 is 19.0 Å². The van der Waals surface area contributed by atoms with Crippen LogP contribution in [0.2, 0.25) is 0 Å². The number of hydrogen-bond donors (Lipinski definition) is 2. The number of aromatic hydroxyl groups is 2. The van der Waals surface area contributed by atoms with E-state index in [0.717, 1.165) is 54.6 Å². The Morgan fingerprint density at radius 2 is 1.04 bits per heavy atom. The molecule has 0 atom stereocenters. The molecule has 6 aromatic rings. The van der Waals surface area contributed by atoms with Crippen LogP contribution in [0.5, 0.6) is 11.5 Å². The molecule has 0 spiro atoms. The van der Waals surface area contributed by atoms with Crippen LogP contribution < -0.4 is 0 Å². The molecule has 4 heteroatoms. The SMILES string of the molecule is Oc1ccc2cc3oc4cc5c(cc4c3cc2c1)oc1ccc(O)cc15. The molecule has 4 nitrogen and oxygen atoms in total. The lowest BCUT2D eigenvalue weighted by Gasteiger charge is -1.99. The summed E-state index contributed by atoms with van der Waals surface area (Å²) in [7, 11) is 0. The third-order valence-electron chi connectivity index (χ3n) is 4.99. The topological polar surface area (TPSA) is 66.7 Å². The summed E-state index contributed by atoms with van der Waals surface area (Å²) in [6.07, 6.45) is 0. The third-order valence-corrected chi connectivity index (χ3v) is 4.99. The van der Waals surface area contributed by atoms with Gasteiger partial charge in [0.2, 0.25) is 0 Å². The Morgan fingerprint density at radius 1 is 0.462 bits per heavy atom. The summed E-state index contributed by atoms with van der Waals surface area (Å²) in [6, 6.07) is 18.3. The van der Waals surface area contributed by atoms with Crippen LogP contribution >= 0.6 is 0 Å². The Balaban J connectivity index is 1.77. The second kappa shape index (κ2) is 4.49. The van der Waals surface area contributed by atoms with Crippen LogP contribution in [0.25, 0.3) is 54.6 Å². The van der Waals surface area contributed by atoms with Gasteiger partial charge in [-0.15, -0.1) is 0 Å². The van der Waals surface area contributed by atoms with Crippen molar-refractivity contribution in [2.45, 2.75) is 0 Å². The summed E-state index contributed by atoms with van der Waals surface area (Å²) < 4.78 is 12.0. The molecule has 4 aromatic carbocycles. The maximum atomic E-state index is 9.78. The standard InChI is InChI=1S/C22H12O4/c23-13-2-1-11-7-20-15(6-12(11)5-13)17-9-21-18(10-22(17)26-20)16-8-14(24)3-4-19(16)25-21/h1-10,23-24H. The molecule has 0 bridgehead atoms. The van der Waals surface area contributed by atoms with Crippen LogP contribution in [0.4, 0.5) is 0 Å². The van der Waals surface area contributed by atoms with E-state index >= 15 is 0 Å². The van der Waals surface area contributed by atoms with E-state index in [0.29, 0.717) is 0 Å². The van der Waals surface area contributed by atoms with Gasteiger partial charge < -0.3 is 19.0 Å². The van der Waals surface area contributed by atoms with Crippen molar-refractivity contribution in [1.82, 2.24) is 0 Å². The average Bonchev–Trinajstić information content (AvgIpc) is 3.15. The average molecular weight is 340 g/mol. The third kappa shape index (κ3) is 1.73. The van der Waals surface area contributed by atoms with Crippen molar-refractivity contribution in [3.63, 3.8) is 0 Å². The first-order chi connectivity index (χ1) is 12.7. The van der Waals surface area contributed by atoms with E-state index in [9.17, 15) is 10.2 Å². The molecular formula is C22H12O4. The Morgan fingerprint density at radius 3 is 1.85 bits per heavy atom. The quantitative estimate of drug-likeness (QED) is 0.353. The van der Waals surface area contributed by atoms with E-state index in [1.807, 2.05) is 30.3 Å². The molecule has 2 aromatic heterocycles. The molecule has 0 aliphatic carbocycles. The van der Waals surface area contributed by atoms with Gasteiger partial charge in [0.25, 0.3) is 0 Å². The zero-order valence-corrected chi connectivity index (χ0v) is 13.5. The molecule has 0 unspecified atom stereocenters. The van der Waals surface area contributed by atoms with Gasteiger partial charge in [-0.05, 0) is 65.4 Å². The maximum Gasteiger partial charge on any atom is 0.136 e. The number of benzene rings is 4.